The van der Waals surface area contributed by atoms with Crippen LogP contribution >= 0.6 is 0 Å². The zero-order chi connectivity index (χ0) is 15.5. The highest BCUT2D eigenvalue weighted by Crippen LogP contribution is 2.28. The highest BCUT2D eigenvalue weighted by atomic mass is 16.2. The Balaban J connectivity index is 1.96. The lowest BCUT2D eigenvalue weighted by molar-refractivity contribution is -0.139. The van der Waals surface area contributed by atoms with Crippen LogP contribution in [-0.2, 0) is 9.59 Å². The van der Waals surface area contributed by atoms with Crippen LogP contribution in [0.3, 0.4) is 0 Å². The van der Waals surface area contributed by atoms with Crippen LogP contribution in [0.25, 0.3) is 0 Å². The minimum atomic E-state index is -0.657. The lowest BCUT2D eigenvalue weighted by Gasteiger charge is -2.36. The first-order valence-electron chi connectivity index (χ1n) is 8.31. The second-order valence-electron chi connectivity index (χ2n) is 6.84. The van der Waals surface area contributed by atoms with E-state index in [0.717, 1.165) is 45.2 Å². The normalized spacial score (nSPS) is 23.0. The first kappa shape index (κ1) is 16.3. The first-order chi connectivity index (χ1) is 9.94. The van der Waals surface area contributed by atoms with E-state index in [9.17, 15) is 9.59 Å². The fourth-order valence-electron chi connectivity index (χ4n) is 3.42. The van der Waals surface area contributed by atoms with Crippen LogP contribution in [0.5, 0.6) is 0 Å². The number of hydrogen-bond donors (Lipinski definition) is 1. The predicted molar refractivity (Wildman–Crippen MR) is 82.6 cm³/mol. The highest BCUT2D eigenvalue weighted by Gasteiger charge is 2.38. The number of carbonyl (C=O) groups excluding carboxylic acids is 2. The van der Waals surface area contributed by atoms with Crippen LogP contribution in [-0.4, -0.2) is 53.3 Å². The highest BCUT2D eigenvalue weighted by molar-refractivity contribution is 5.86. The van der Waals surface area contributed by atoms with E-state index in [1.165, 1.54) is 6.42 Å². The molecule has 0 unspecified atom stereocenters. The molecule has 5 heteroatoms. The van der Waals surface area contributed by atoms with Gasteiger partial charge in [-0.1, -0.05) is 33.1 Å². The molecule has 2 N–H and O–H groups in total. The van der Waals surface area contributed by atoms with Gasteiger partial charge >= 0.3 is 0 Å². The molecule has 2 fully saturated rings. The van der Waals surface area contributed by atoms with Crippen LogP contribution in [0.2, 0.25) is 0 Å². The molecule has 1 saturated carbocycles. The number of rotatable bonds is 2. The van der Waals surface area contributed by atoms with Gasteiger partial charge in [0.1, 0.15) is 0 Å². The summed E-state index contributed by atoms with van der Waals surface area (Å²) < 4.78 is 0. The molecule has 0 bridgehead atoms. The van der Waals surface area contributed by atoms with Crippen molar-refractivity contribution in [3.63, 3.8) is 0 Å². The van der Waals surface area contributed by atoms with Gasteiger partial charge in [-0.25, -0.2) is 0 Å². The lowest BCUT2D eigenvalue weighted by atomic mass is 9.81. The molecule has 0 aromatic heterocycles. The second kappa shape index (κ2) is 6.77. The van der Waals surface area contributed by atoms with Gasteiger partial charge in [-0.3, -0.25) is 9.59 Å². The smallest absolute Gasteiger partial charge is 0.242 e. The molecule has 1 aliphatic heterocycles. The molecule has 0 spiro atoms. The van der Waals surface area contributed by atoms with Crippen LogP contribution in [0, 0.1) is 5.92 Å². The molecule has 2 amide bonds. The molecule has 21 heavy (non-hydrogen) atoms. The monoisotopic (exact) mass is 295 g/mol. The van der Waals surface area contributed by atoms with Crippen molar-refractivity contribution in [1.29, 1.82) is 0 Å². The lowest BCUT2D eigenvalue weighted by Crippen LogP contribution is -2.57. The third-order valence-corrected chi connectivity index (χ3v) is 4.76. The van der Waals surface area contributed by atoms with E-state index in [1.807, 2.05) is 23.6 Å². The average Bonchev–Trinajstić information content (AvgIpc) is 2.72. The van der Waals surface area contributed by atoms with Crippen molar-refractivity contribution in [3.05, 3.63) is 0 Å². The van der Waals surface area contributed by atoms with Gasteiger partial charge in [0, 0.05) is 32.1 Å². The van der Waals surface area contributed by atoms with Crippen molar-refractivity contribution in [2.75, 3.05) is 26.2 Å². The summed E-state index contributed by atoms with van der Waals surface area (Å²) in [5, 5.41) is 0. The molecular formula is C16H29N3O2. The van der Waals surface area contributed by atoms with Crippen molar-refractivity contribution < 1.29 is 9.59 Å². The summed E-state index contributed by atoms with van der Waals surface area (Å²) in [6, 6.07) is 0. The SMILES string of the molecule is CC(C)C(=O)N1CCCN(C(=O)C2(N)CCCCC2)CC1. The van der Waals surface area contributed by atoms with E-state index in [2.05, 4.69) is 0 Å². The molecule has 0 atom stereocenters. The molecule has 5 nitrogen and oxygen atoms in total. The molecule has 0 radical (unpaired) electrons. The van der Waals surface area contributed by atoms with Crippen molar-refractivity contribution in [1.82, 2.24) is 9.80 Å². The maximum atomic E-state index is 12.7. The second-order valence-corrected chi connectivity index (χ2v) is 6.84. The van der Waals surface area contributed by atoms with Gasteiger partial charge in [-0.05, 0) is 19.3 Å². The zero-order valence-electron chi connectivity index (χ0n) is 13.4. The van der Waals surface area contributed by atoms with Crippen molar-refractivity contribution in [2.45, 2.75) is 57.9 Å². The Morgan fingerprint density at radius 2 is 1.48 bits per heavy atom. The molecule has 1 saturated heterocycles. The Bertz CT molecular complexity index is 389. The summed E-state index contributed by atoms with van der Waals surface area (Å²) in [6.45, 7) is 6.58. The molecule has 120 valence electrons. The van der Waals surface area contributed by atoms with Gasteiger partial charge in [-0.15, -0.1) is 0 Å². The summed E-state index contributed by atoms with van der Waals surface area (Å²) >= 11 is 0. The van der Waals surface area contributed by atoms with E-state index >= 15 is 0 Å². The van der Waals surface area contributed by atoms with Crippen LogP contribution in [0.15, 0.2) is 0 Å². The summed E-state index contributed by atoms with van der Waals surface area (Å²) in [4.78, 5) is 28.6. The fraction of sp³-hybridized carbons (Fsp3) is 0.875. The van der Waals surface area contributed by atoms with E-state index in [4.69, 9.17) is 5.73 Å². The Kier molecular flexibility index (Phi) is 5.25. The summed E-state index contributed by atoms with van der Waals surface area (Å²) in [7, 11) is 0. The van der Waals surface area contributed by atoms with Crippen LogP contribution in [0.4, 0.5) is 0 Å². The van der Waals surface area contributed by atoms with Gasteiger partial charge in [0.15, 0.2) is 0 Å². The maximum absolute atomic E-state index is 12.7. The number of nitrogens with zero attached hydrogens (tertiary/aromatic N) is 2. The number of nitrogens with two attached hydrogens (primary N) is 1. The fourth-order valence-corrected chi connectivity index (χ4v) is 3.42. The summed E-state index contributed by atoms with van der Waals surface area (Å²) in [6.07, 6.45) is 5.74. The predicted octanol–water partition coefficient (Wildman–Crippen LogP) is 1.36. The molecule has 1 heterocycles. The van der Waals surface area contributed by atoms with Gasteiger partial charge in [0.2, 0.25) is 11.8 Å². The summed E-state index contributed by atoms with van der Waals surface area (Å²) in [5.74, 6) is 0.303. The standard InChI is InChI=1S/C16H29N3O2/c1-13(2)14(20)18-9-6-10-19(12-11-18)15(21)16(17)7-4-3-5-8-16/h13H,3-12,17H2,1-2H3. The first-order valence-corrected chi connectivity index (χ1v) is 8.31. The molecular weight excluding hydrogens is 266 g/mol. The largest absolute Gasteiger partial charge is 0.341 e. The molecule has 1 aliphatic carbocycles. The van der Waals surface area contributed by atoms with E-state index in [-0.39, 0.29) is 17.7 Å². The summed E-state index contributed by atoms with van der Waals surface area (Å²) in [5.41, 5.74) is 5.70. The van der Waals surface area contributed by atoms with Gasteiger partial charge in [-0.2, -0.15) is 0 Å². The van der Waals surface area contributed by atoms with Gasteiger partial charge < -0.3 is 15.5 Å². The molecule has 2 rings (SSSR count). The topological polar surface area (TPSA) is 66.6 Å². The average molecular weight is 295 g/mol. The molecule has 2 aliphatic rings. The van der Waals surface area contributed by atoms with Gasteiger partial charge in [0.05, 0.1) is 5.54 Å². The maximum Gasteiger partial charge on any atom is 0.242 e. The zero-order valence-corrected chi connectivity index (χ0v) is 13.4. The quantitative estimate of drug-likeness (QED) is 0.836. The number of amides is 2. The molecule has 0 aromatic rings. The van der Waals surface area contributed by atoms with E-state index in [0.29, 0.717) is 13.1 Å². The minimum Gasteiger partial charge on any atom is -0.341 e. The number of carbonyl (C=O) groups is 2. The number of hydrogen-bond acceptors (Lipinski definition) is 3. The Hall–Kier alpha value is -1.10. The van der Waals surface area contributed by atoms with Crippen LogP contribution < -0.4 is 5.73 Å². The Morgan fingerprint density at radius 3 is 2.10 bits per heavy atom. The minimum absolute atomic E-state index is 0.0199. The van der Waals surface area contributed by atoms with Gasteiger partial charge in [0.25, 0.3) is 0 Å². The molecule has 0 aromatic carbocycles. The third-order valence-electron chi connectivity index (χ3n) is 4.76. The van der Waals surface area contributed by atoms with Crippen molar-refractivity contribution in [3.8, 4) is 0 Å². The Labute approximate surface area is 127 Å². The van der Waals surface area contributed by atoms with E-state index in [1.54, 1.807) is 0 Å². The van der Waals surface area contributed by atoms with Crippen molar-refractivity contribution >= 4 is 11.8 Å². The Morgan fingerprint density at radius 1 is 0.905 bits per heavy atom. The van der Waals surface area contributed by atoms with E-state index < -0.39 is 5.54 Å². The van der Waals surface area contributed by atoms with Crippen molar-refractivity contribution in [2.24, 2.45) is 11.7 Å². The third kappa shape index (κ3) is 3.76. The van der Waals surface area contributed by atoms with Crippen LogP contribution in [0.1, 0.15) is 52.4 Å².